The van der Waals surface area contributed by atoms with Crippen LogP contribution in [0.4, 0.5) is 13.2 Å². The second-order valence-corrected chi connectivity index (χ2v) is 11.2. The van der Waals surface area contributed by atoms with Gasteiger partial charge in [0.1, 0.15) is 18.2 Å². The Hall–Kier alpha value is -3.90. The molecule has 0 saturated carbocycles. The van der Waals surface area contributed by atoms with Crippen LogP contribution in [-0.2, 0) is 43.6 Å². The predicted octanol–water partition coefficient (Wildman–Crippen LogP) is 5.46. The highest BCUT2D eigenvalue weighted by atomic mass is 19.4. The van der Waals surface area contributed by atoms with Gasteiger partial charge in [-0.05, 0) is 74.2 Å². The number of ether oxygens (including phenoxy) is 2. The highest BCUT2D eigenvalue weighted by Crippen LogP contribution is 2.40. The second-order valence-electron chi connectivity index (χ2n) is 11.2. The first-order valence-electron chi connectivity index (χ1n) is 14.0. The van der Waals surface area contributed by atoms with E-state index in [0.717, 1.165) is 23.3 Å². The van der Waals surface area contributed by atoms with Crippen molar-refractivity contribution in [3.63, 3.8) is 0 Å². The van der Waals surface area contributed by atoms with Gasteiger partial charge in [-0.2, -0.15) is 18.3 Å². The SMILES string of the molecule is CC(C)n1ccc(COc2cc3c(cc2C(F)(F)F)CCN(Cc2nc4ccc(C(=O)O)cc4n2C[C@@H]2CCO2)C3)n1. The van der Waals surface area contributed by atoms with Gasteiger partial charge in [-0.25, -0.2) is 9.78 Å². The molecule has 4 heterocycles. The molecule has 0 unspecified atom stereocenters. The van der Waals surface area contributed by atoms with Gasteiger partial charge in [-0.3, -0.25) is 9.58 Å². The zero-order valence-electron chi connectivity index (χ0n) is 23.4. The summed E-state index contributed by atoms with van der Waals surface area (Å²) in [5, 5.41) is 13.9. The van der Waals surface area contributed by atoms with Gasteiger partial charge in [0.2, 0.25) is 0 Å². The fraction of sp³-hybridized carbons (Fsp3) is 0.433. The third-order valence-corrected chi connectivity index (χ3v) is 7.89. The lowest BCUT2D eigenvalue weighted by Crippen LogP contribution is -2.34. The average molecular weight is 584 g/mol. The van der Waals surface area contributed by atoms with Crippen molar-refractivity contribution < 1.29 is 32.5 Å². The van der Waals surface area contributed by atoms with Gasteiger partial charge in [0.25, 0.3) is 0 Å². The third kappa shape index (κ3) is 5.73. The van der Waals surface area contributed by atoms with Crippen molar-refractivity contribution in [3.05, 3.63) is 76.4 Å². The molecule has 42 heavy (non-hydrogen) atoms. The largest absolute Gasteiger partial charge is 0.487 e. The first-order valence-corrected chi connectivity index (χ1v) is 14.0. The molecule has 1 fully saturated rings. The van der Waals surface area contributed by atoms with E-state index in [-0.39, 0.29) is 30.1 Å². The van der Waals surface area contributed by atoms with E-state index >= 15 is 0 Å². The molecular formula is C30H32F3N5O4. The van der Waals surface area contributed by atoms with Crippen LogP contribution in [0.2, 0.25) is 0 Å². The zero-order chi connectivity index (χ0) is 29.6. The van der Waals surface area contributed by atoms with Crippen molar-refractivity contribution in [1.82, 2.24) is 24.2 Å². The normalized spacial score (nSPS) is 17.4. The minimum Gasteiger partial charge on any atom is -0.487 e. The van der Waals surface area contributed by atoms with Crippen molar-refractivity contribution in [2.24, 2.45) is 0 Å². The number of halogens is 3. The maximum atomic E-state index is 14.0. The number of hydrogen-bond donors (Lipinski definition) is 1. The number of aromatic nitrogens is 4. The Labute approximate surface area is 240 Å². The van der Waals surface area contributed by atoms with Gasteiger partial charge in [-0.1, -0.05) is 0 Å². The highest BCUT2D eigenvalue weighted by Gasteiger charge is 2.36. The molecule has 4 aromatic rings. The zero-order valence-corrected chi connectivity index (χ0v) is 23.4. The molecule has 0 spiro atoms. The summed E-state index contributed by atoms with van der Waals surface area (Å²) in [4.78, 5) is 18.6. The second kappa shape index (κ2) is 11.1. The van der Waals surface area contributed by atoms with Crippen molar-refractivity contribution in [2.75, 3.05) is 13.2 Å². The number of hydrogen-bond acceptors (Lipinski definition) is 6. The molecule has 1 saturated heterocycles. The van der Waals surface area contributed by atoms with E-state index < -0.39 is 17.7 Å². The monoisotopic (exact) mass is 583 g/mol. The predicted molar refractivity (Wildman–Crippen MR) is 147 cm³/mol. The number of carbonyl (C=O) groups is 1. The molecule has 2 aliphatic heterocycles. The van der Waals surface area contributed by atoms with Crippen molar-refractivity contribution in [1.29, 1.82) is 0 Å². The van der Waals surface area contributed by atoms with E-state index in [1.54, 1.807) is 29.1 Å². The molecule has 0 bridgehead atoms. The van der Waals surface area contributed by atoms with E-state index in [1.807, 2.05) is 18.4 Å². The highest BCUT2D eigenvalue weighted by molar-refractivity contribution is 5.92. The first kappa shape index (κ1) is 28.2. The number of rotatable bonds is 9. The van der Waals surface area contributed by atoms with Crippen LogP contribution < -0.4 is 4.74 Å². The Balaban J connectivity index is 1.26. The smallest absolute Gasteiger partial charge is 0.419 e. The van der Waals surface area contributed by atoms with Gasteiger partial charge < -0.3 is 19.1 Å². The molecule has 222 valence electrons. The number of carboxylic acids is 1. The topological polar surface area (TPSA) is 94.6 Å². The maximum Gasteiger partial charge on any atom is 0.419 e. The summed E-state index contributed by atoms with van der Waals surface area (Å²) in [6.07, 6.45) is -1.37. The number of fused-ring (bicyclic) bond motifs is 2. The van der Waals surface area contributed by atoms with Crippen LogP contribution in [0, 0.1) is 0 Å². The van der Waals surface area contributed by atoms with E-state index in [4.69, 9.17) is 14.5 Å². The lowest BCUT2D eigenvalue weighted by Gasteiger charge is -2.31. The van der Waals surface area contributed by atoms with E-state index in [0.29, 0.717) is 56.0 Å². The molecule has 2 aromatic heterocycles. The lowest BCUT2D eigenvalue weighted by molar-refractivity contribution is -0.139. The minimum absolute atomic E-state index is 0.0316. The van der Waals surface area contributed by atoms with Crippen LogP contribution in [-0.4, -0.2) is 54.6 Å². The molecule has 0 radical (unpaired) electrons. The molecule has 6 rings (SSSR count). The fourth-order valence-corrected chi connectivity index (χ4v) is 5.48. The molecule has 0 aliphatic carbocycles. The Kier molecular flexibility index (Phi) is 7.44. The minimum atomic E-state index is -4.55. The Bertz CT molecular complexity index is 1620. The third-order valence-electron chi connectivity index (χ3n) is 7.89. The van der Waals surface area contributed by atoms with Gasteiger partial charge in [0.15, 0.2) is 0 Å². The summed E-state index contributed by atoms with van der Waals surface area (Å²) in [6.45, 7) is 6.55. The molecule has 0 amide bonds. The summed E-state index contributed by atoms with van der Waals surface area (Å²) >= 11 is 0. The van der Waals surface area contributed by atoms with Crippen molar-refractivity contribution in [3.8, 4) is 5.75 Å². The maximum absolute atomic E-state index is 14.0. The fourth-order valence-electron chi connectivity index (χ4n) is 5.48. The summed E-state index contributed by atoms with van der Waals surface area (Å²) in [7, 11) is 0. The molecule has 2 aliphatic rings. The van der Waals surface area contributed by atoms with Crippen LogP contribution in [0.25, 0.3) is 11.0 Å². The van der Waals surface area contributed by atoms with Gasteiger partial charge in [0, 0.05) is 31.9 Å². The van der Waals surface area contributed by atoms with Crippen molar-refractivity contribution in [2.45, 2.75) is 71.3 Å². The lowest BCUT2D eigenvalue weighted by atomic mass is 9.96. The van der Waals surface area contributed by atoms with E-state index in [9.17, 15) is 23.1 Å². The molecular weight excluding hydrogens is 551 g/mol. The molecule has 1 N–H and O–H groups in total. The molecule has 12 heteroatoms. The number of aromatic carboxylic acids is 1. The number of carboxylic acid groups (broad SMARTS) is 1. The van der Waals surface area contributed by atoms with Crippen LogP contribution in [0.5, 0.6) is 5.75 Å². The number of nitrogens with zero attached hydrogens (tertiary/aromatic N) is 5. The Morgan fingerprint density at radius 1 is 1.19 bits per heavy atom. The summed E-state index contributed by atoms with van der Waals surface area (Å²) in [5.74, 6) is -0.461. The molecule has 2 aromatic carbocycles. The first-order chi connectivity index (χ1) is 20.0. The van der Waals surface area contributed by atoms with Gasteiger partial charge in [-0.15, -0.1) is 0 Å². The Morgan fingerprint density at radius 2 is 2.00 bits per heavy atom. The van der Waals surface area contributed by atoms with Crippen LogP contribution in [0.1, 0.15) is 64.9 Å². The van der Waals surface area contributed by atoms with E-state index in [1.165, 1.54) is 18.2 Å². The number of alkyl halides is 3. The number of imidazole rings is 1. The Morgan fingerprint density at radius 3 is 2.67 bits per heavy atom. The van der Waals surface area contributed by atoms with Gasteiger partial charge >= 0.3 is 12.1 Å². The number of benzene rings is 2. The standard InChI is InChI=1S/C30H32F3N5O4/c1-18(2)38-9-6-22(35-38)17-42-27-13-21-14-36(8-5-19(21)11-24(27)30(31,32)33)16-28-34-25-4-3-20(29(39)40)12-26(25)37(28)15-23-7-10-41-23/h3-4,6,9,11-13,18,23H,5,7-8,10,14-17H2,1-2H3,(H,39,40)/t23-/m0/s1. The van der Waals surface area contributed by atoms with Gasteiger partial charge in [0.05, 0.1) is 47.0 Å². The van der Waals surface area contributed by atoms with E-state index in [2.05, 4.69) is 10.00 Å². The van der Waals surface area contributed by atoms with Crippen LogP contribution in [0.3, 0.4) is 0 Å². The molecule has 1 atom stereocenters. The quantitative estimate of drug-likeness (QED) is 0.280. The van der Waals surface area contributed by atoms with Crippen LogP contribution >= 0.6 is 0 Å². The average Bonchev–Trinajstić information content (AvgIpc) is 3.52. The van der Waals surface area contributed by atoms with Crippen LogP contribution in [0.15, 0.2) is 42.6 Å². The summed E-state index contributed by atoms with van der Waals surface area (Å²) in [5.41, 5.74) is 2.79. The summed E-state index contributed by atoms with van der Waals surface area (Å²) in [6, 6.07) is 9.47. The molecule has 9 nitrogen and oxygen atoms in total. The van der Waals surface area contributed by atoms with Crippen molar-refractivity contribution >= 4 is 17.0 Å². The summed E-state index contributed by atoms with van der Waals surface area (Å²) < 4.78 is 57.2.